The Bertz CT molecular complexity index is 3200. The van der Waals surface area contributed by atoms with Crippen LogP contribution in [0.15, 0.2) is 251 Å². The Labute approximate surface area is 522 Å². The van der Waals surface area contributed by atoms with Crippen molar-refractivity contribution in [3.63, 3.8) is 0 Å². The lowest BCUT2D eigenvalue weighted by atomic mass is 9.71. The third-order valence-electron chi connectivity index (χ3n) is 17.6. The molecule has 8 aromatic carbocycles. The Morgan fingerprint density at radius 3 is 1.25 bits per heavy atom. The van der Waals surface area contributed by atoms with Gasteiger partial charge in [-0.05, 0) is 188 Å². The molecule has 3 nitrogen and oxygen atoms in total. The third kappa shape index (κ3) is 18.2. The number of rotatable bonds is 17. The molecule has 0 amide bonds. The molecule has 0 saturated carbocycles. The Balaban J connectivity index is 0.000000168. The molecule has 0 saturated heterocycles. The van der Waals surface area contributed by atoms with Crippen molar-refractivity contribution >= 4 is 12.4 Å². The smallest absolute Gasteiger partial charge is 0.376 e. The normalized spacial score (nSPS) is 15.7. The molecular weight excluding hydrogens is 1100 g/mol. The number of aliphatic imine (C=N–C) groups is 2. The molecule has 0 aromatic heterocycles. The maximum absolute atomic E-state index is 14.3. The van der Waals surface area contributed by atoms with Gasteiger partial charge in [0.25, 0.3) is 0 Å². The molecule has 2 aliphatic carbocycles. The Morgan fingerprint density at radius 2 is 0.852 bits per heavy atom. The van der Waals surface area contributed by atoms with E-state index in [4.69, 9.17) is 4.74 Å². The van der Waals surface area contributed by atoms with E-state index >= 15 is 0 Å². The van der Waals surface area contributed by atoms with Gasteiger partial charge in [0.05, 0.1) is 18.8 Å². The molecule has 0 radical (unpaired) electrons. The Kier molecular flexibility index (Phi) is 24.9. The van der Waals surface area contributed by atoms with Crippen molar-refractivity contribution in [2.75, 3.05) is 6.61 Å². The molecule has 460 valence electrons. The number of hydrogen-bond donors (Lipinski definition) is 0. The van der Waals surface area contributed by atoms with Gasteiger partial charge in [-0.15, -0.1) is 0 Å². The SMILES string of the molecule is CC(c1ccccc1)(c1ccccc1)c1ccccc1.CC(c1ccccc1)(c1ccccc1)c1ccccc1.CC=NC1=C(C)CC(COCc2cccc(C(F)(F)F)c2F)CC1.CC=NC1=C(C)CCC(CCCc2cccc(C(C)(C)F)c2C)C1. The second-order valence-electron chi connectivity index (χ2n) is 24.1. The number of hydrogen-bond acceptors (Lipinski definition) is 3. The maximum atomic E-state index is 14.3. The fraction of sp³-hybridized carbons (Fsp3) is 0.325. The predicted octanol–water partition coefficient (Wildman–Crippen LogP) is 22.3. The van der Waals surface area contributed by atoms with Crippen LogP contribution in [-0.4, -0.2) is 19.0 Å². The minimum atomic E-state index is -4.69. The van der Waals surface area contributed by atoms with Crippen molar-refractivity contribution in [3.8, 4) is 0 Å². The molecule has 2 unspecified atom stereocenters. The summed E-state index contributed by atoms with van der Waals surface area (Å²) in [6.07, 6.45) is 8.64. The fourth-order valence-electron chi connectivity index (χ4n) is 12.4. The zero-order valence-electron chi connectivity index (χ0n) is 53.1. The first-order chi connectivity index (χ1) is 42.3. The van der Waals surface area contributed by atoms with Crippen molar-refractivity contribution in [3.05, 3.63) is 308 Å². The summed E-state index contributed by atoms with van der Waals surface area (Å²) in [5.41, 5.74) is 13.4. The van der Waals surface area contributed by atoms with Crippen LogP contribution in [0.2, 0.25) is 0 Å². The van der Waals surface area contributed by atoms with Crippen LogP contribution >= 0.6 is 0 Å². The highest BCUT2D eigenvalue weighted by molar-refractivity contribution is 5.56. The van der Waals surface area contributed by atoms with Gasteiger partial charge in [0.1, 0.15) is 11.5 Å². The molecule has 88 heavy (non-hydrogen) atoms. The summed E-state index contributed by atoms with van der Waals surface area (Å²) in [7, 11) is 0. The van der Waals surface area contributed by atoms with E-state index in [9.17, 15) is 22.0 Å². The minimum absolute atomic E-state index is 0.0656. The predicted molar refractivity (Wildman–Crippen MR) is 357 cm³/mol. The van der Waals surface area contributed by atoms with E-state index in [0.717, 1.165) is 60.9 Å². The summed E-state index contributed by atoms with van der Waals surface area (Å²) in [5.74, 6) is -0.215. The number of nitrogens with zero attached hydrogens (tertiary/aromatic N) is 2. The molecule has 2 atom stereocenters. The first-order valence-corrected chi connectivity index (χ1v) is 31.2. The van der Waals surface area contributed by atoms with Crippen molar-refractivity contribution < 1.29 is 26.7 Å². The lowest BCUT2D eigenvalue weighted by Gasteiger charge is -2.31. The van der Waals surface area contributed by atoms with Gasteiger partial charge in [0, 0.05) is 40.2 Å². The maximum Gasteiger partial charge on any atom is 0.419 e. The van der Waals surface area contributed by atoms with Gasteiger partial charge < -0.3 is 4.74 Å². The summed E-state index contributed by atoms with van der Waals surface area (Å²) in [6, 6.07) is 73.6. The molecular formula is C80H89F5N2O. The highest BCUT2D eigenvalue weighted by Crippen LogP contribution is 2.41. The summed E-state index contributed by atoms with van der Waals surface area (Å²) < 4.78 is 71.8. The van der Waals surface area contributed by atoms with Crippen LogP contribution in [0, 0.1) is 24.6 Å². The van der Waals surface area contributed by atoms with Gasteiger partial charge in [-0.3, -0.25) is 9.98 Å². The quantitative estimate of drug-likeness (QED) is 0.0508. The largest absolute Gasteiger partial charge is 0.419 e. The van der Waals surface area contributed by atoms with Gasteiger partial charge in [-0.1, -0.05) is 223 Å². The van der Waals surface area contributed by atoms with Crippen LogP contribution < -0.4 is 0 Å². The molecule has 2 aliphatic rings. The van der Waals surface area contributed by atoms with Crippen molar-refractivity contribution in [2.24, 2.45) is 21.8 Å². The van der Waals surface area contributed by atoms with Crippen LogP contribution in [0.4, 0.5) is 22.0 Å². The van der Waals surface area contributed by atoms with Gasteiger partial charge in [-0.2, -0.15) is 13.2 Å². The van der Waals surface area contributed by atoms with Crippen molar-refractivity contribution in [1.82, 2.24) is 0 Å². The summed E-state index contributed by atoms with van der Waals surface area (Å²) >= 11 is 0. The van der Waals surface area contributed by atoms with Crippen LogP contribution in [-0.2, 0) is 40.4 Å². The molecule has 0 N–H and O–H groups in total. The molecule has 0 spiro atoms. The number of alkyl halides is 4. The van der Waals surface area contributed by atoms with E-state index in [0.29, 0.717) is 6.61 Å². The summed E-state index contributed by atoms with van der Waals surface area (Å²) in [5, 5.41) is 0. The van der Waals surface area contributed by atoms with Crippen LogP contribution in [0.1, 0.15) is 168 Å². The van der Waals surface area contributed by atoms with Crippen LogP contribution in [0.25, 0.3) is 0 Å². The number of ether oxygens (including phenoxy) is 1. The standard InChI is InChI=1S/C22H32FN.2C20H18.C18H21F4NO/c1-6-24-21-15-18(14-13-16(21)2)9-7-10-19-11-8-12-20(17(19)3)22(4,5)23;2*1-20(17-11-5-2-6-12-17,18-13-7-3-8-14-18)19-15-9-4-10-16-19;1-3-23-16-8-7-13(9-12(16)2)10-24-11-14-5-4-6-15(17(14)19)18(20,21)22/h6,8,11-12,18H,7,9-10,13-15H2,1-5H3;2*2-16H,1H3;3-6,13H,7-11H2,1-2H3. The Hall–Kier alpha value is -7.81. The van der Waals surface area contributed by atoms with E-state index in [1.807, 2.05) is 39.1 Å². The molecule has 8 heteroatoms. The third-order valence-corrected chi connectivity index (χ3v) is 17.6. The summed E-state index contributed by atoms with van der Waals surface area (Å²) in [6.45, 7) is 18.3. The highest BCUT2D eigenvalue weighted by Gasteiger charge is 2.35. The first-order valence-electron chi connectivity index (χ1n) is 31.2. The van der Waals surface area contributed by atoms with E-state index < -0.39 is 23.2 Å². The van der Waals surface area contributed by atoms with E-state index in [1.165, 1.54) is 93.6 Å². The zero-order valence-corrected chi connectivity index (χ0v) is 53.1. The lowest BCUT2D eigenvalue weighted by Crippen LogP contribution is -2.25. The number of halogens is 5. The highest BCUT2D eigenvalue weighted by atomic mass is 19.4. The fourth-order valence-corrected chi connectivity index (χ4v) is 12.4. The number of benzene rings is 8. The zero-order chi connectivity index (χ0) is 63.2. The lowest BCUT2D eigenvalue weighted by molar-refractivity contribution is -0.140. The van der Waals surface area contributed by atoms with E-state index in [-0.39, 0.29) is 28.9 Å². The average molecular weight is 1190 g/mol. The molecule has 0 heterocycles. The second kappa shape index (κ2) is 32.4. The molecule has 10 rings (SSSR count). The summed E-state index contributed by atoms with van der Waals surface area (Å²) in [4.78, 5) is 8.88. The Morgan fingerprint density at radius 1 is 0.455 bits per heavy atom. The molecule has 8 aromatic rings. The average Bonchev–Trinajstić information content (AvgIpc) is 2.41. The number of aryl methyl sites for hydroxylation is 1. The second-order valence-corrected chi connectivity index (χ2v) is 24.1. The van der Waals surface area contributed by atoms with Gasteiger partial charge in [0.15, 0.2) is 0 Å². The minimum Gasteiger partial charge on any atom is -0.376 e. The molecule has 0 aliphatic heterocycles. The molecule has 0 fully saturated rings. The van der Waals surface area contributed by atoms with Crippen molar-refractivity contribution in [1.29, 1.82) is 0 Å². The first kappa shape index (κ1) is 67.7. The van der Waals surface area contributed by atoms with Crippen LogP contribution in [0.5, 0.6) is 0 Å². The van der Waals surface area contributed by atoms with E-state index in [2.05, 4.69) is 226 Å². The topological polar surface area (TPSA) is 34.0 Å². The number of allylic oxidation sites excluding steroid dienone is 4. The van der Waals surface area contributed by atoms with Crippen molar-refractivity contribution in [2.45, 2.75) is 149 Å². The molecule has 0 bridgehead atoms. The van der Waals surface area contributed by atoms with E-state index in [1.54, 1.807) is 20.1 Å². The van der Waals surface area contributed by atoms with Gasteiger partial charge in [0.2, 0.25) is 0 Å². The monoisotopic (exact) mass is 1190 g/mol. The van der Waals surface area contributed by atoms with Gasteiger partial charge in [-0.25, -0.2) is 8.78 Å². The van der Waals surface area contributed by atoms with Gasteiger partial charge >= 0.3 is 6.18 Å². The van der Waals surface area contributed by atoms with Crippen LogP contribution in [0.3, 0.4) is 0 Å².